The smallest absolute Gasteiger partial charge is 0.353 e. The van der Waals surface area contributed by atoms with E-state index in [1.807, 2.05) is 72.8 Å². The normalized spacial score (nSPS) is 10.6. The molecule has 4 rings (SSSR count). The van der Waals surface area contributed by atoms with E-state index < -0.39 is 4.92 Å². The van der Waals surface area contributed by atoms with Crippen molar-refractivity contribution in [2.24, 2.45) is 0 Å². The summed E-state index contributed by atoms with van der Waals surface area (Å²) < 4.78 is 0. The lowest BCUT2D eigenvalue weighted by Crippen LogP contribution is -2.16. The van der Waals surface area contributed by atoms with Crippen LogP contribution in [0.5, 0.6) is 0 Å². The molecule has 2 N–H and O–H groups in total. The zero-order valence-corrected chi connectivity index (χ0v) is 16.6. The van der Waals surface area contributed by atoms with Crippen LogP contribution in [-0.2, 0) is 6.54 Å². The van der Waals surface area contributed by atoms with Gasteiger partial charge in [0.2, 0.25) is 11.6 Å². The van der Waals surface area contributed by atoms with E-state index in [9.17, 15) is 10.1 Å². The van der Waals surface area contributed by atoms with Gasteiger partial charge in [-0.15, -0.1) is 0 Å². The maximum absolute atomic E-state index is 11.9. The highest BCUT2D eigenvalue weighted by atomic mass is 16.6. The lowest BCUT2D eigenvalue weighted by Gasteiger charge is -2.20. The Kier molecular flexibility index (Phi) is 6.08. The van der Waals surface area contributed by atoms with Gasteiger partial charge in [-0.25, -0.2) is 9.97 Å². The standard InChI is InChI=1S/C23H20N6O2/c30-29(31)21-22(25-15-17-8-7-13-24-14-17)26-16-27-23(21)28-20(18-9-3-1-4-10-18)19-11-5-2-6-12-19/h1-14,16,20H,15H2,(H2,25,26,27,28). The van der Waals surface area contributed by atoms with E-state index >= 15 is 0 Å². The van der Waals surface area contributed by atoms with Crippen molar-refractivity contribution in [2.75, 3.05) is 10.6 Å². The molecule has 0 spiro atoms. The zero-order chi connectivity index (χ0) is 21.5. The second-order valence-corrected chi connectivity index (χ2v) is 6.79. The summed E-state index contributed by atoms with van der Waals surface area (Å²) in [6.07, 6.45) is 4.68. The molecule has 0 amide bonds. The number of rotatable bonds is 8. The summed E-state index contributed by atoms with van der Waals surface area (Å²) in [5.41, 5.74) is 2.61. The molecule has 0 aliphatic heterocycles. The highest BCUT2D eigenvalue weighted by Crippen LogP contribution is 2.34. The molecular weight excluding hydrogens is 392 g/mol. The largest absolute Gasteiger partial charge is 0.360 e. The number of nitrogens with one attached hydrogen (secondary N) is 2. The van der Waals surface area contributed by atoms with Crippen LogP contribution in [0.25, 0.3) is 0 Å². The van der Waals surface area contributed by atoms with Gasteiger partial charge in [0.1, 0.15) is 6.33 Å². The number of hydrogen-bond donors (Lipinski definition) is 2. The molecule has 2 aromatic heterocycles. The van der Waals surface area contributed by atoms with E-state index in [-0.39, 0.29) is 23.4 Å². The fraction of sp³-hybridized carbons (Fsp3) is 0.0870. The molecule has 0 bridgehead atoms. The first-order valence-electron chi connectivity index (χ1n) is 9.71. The third-order valence-corrected chi connectivity index (χ3v) is 4.73. The summed E-state index contributed by atoms with van der Waals surface area (Å²) in [6, 6.07) is 22.8. The van der Waals surface area contributed by atoms with Crippen LogP contribution in [0.3, 0.4) is 0 Å². The van der Waals surface area contributed by atoms with Crippen molar-refractivity contribution < 1.29 is 4.92 Å². The summed E-state index contributed by atoms with van der Waals surface area (Å²) >= 11 is 0. The molecule has 0 aliphatic carbocycles. The van der Waals surface area contributed by atoms with Crippen LogP contribution in [0.1, 0.15) is 22.7 Å². The number of pyridine rings is 1. The minimum Gasteiger partial charge on any atom is -0.360 e. The molecular formula is C23H20N6O2. The molecule has 154 valence electrons. The lowest BCUT2D eigenvalue weighted by molar-refractivity contribution is -0.383. The Bertz CT molecular complexity index is 1100. The van der Waals surface area contributed by atoms with Crippen LogP contribution in [-0.4, -0.2) is 19.9 Å². The fourth-order valence-corrected chi connectivity index (χ4v) is 3.26. The van der Waals surface area contributed by atoms with E-state index in [0.717, 1.165) is 16.7 Å². The summed E-state index contributed by atoms with van der Waals surface area (Å²) in [5.74, 6) is 0.289. The first kappa shape index (κ1) is 20.0. The first-order chi connectivity index (χ1) is 15.2. The number of nitrogens with zero attached hydrogens (tertiary/aromatic N) is 4. The van der Waals surface area contributed by atoms with Gasteiger partial charge in [-0.05, 0) is 22.8 Å². The van der Waals surface area contributed by atoms with Gasteiger partial charge in [0.15, 0.2) is 0 Å². The summed E-state index contributed by atoms with van der Waals surface area (Å²) in [5, 5.41) is 18.2. The summed E-state index contributed by atoms with van der Waals surface area (Å²) in [4.78, 5) is 23.8. The Morgan fingerprint density at radius 3 is 2.10 bits per heavy atom. The lowest BCUT2D eigenvalue weighted by atomic mass is 9.99. The topological polar surface area (TPSA) is 106 Å². The summed E-state index contributed by atoms with van der Waals surface area (Å²) in [7, 11) is 0. The van der Waals surface area contributed by atoms with Crippen LogP contribution in [0, 0.1) is 10.1 Å². The Morgan fingerprint density at radius 1 is 0.871 bits per heavy atom. The molecule has 0 fully saturated rings. The van der Waals surface area contributed by atoms with Gasteiger partial charge in [-0.1, -0.05) is 66.7 Å². The number of hydrogen-bond acceptors (Lipinski definition) is 7. The monoisotopic (exact) mass is 412 g/mol. The molecule has 0 atom stereocenters. The van der Waals surface area contributed by atoms with Crippen molar-refractivity contribution >= 4 is 17.3 Å². The maximum atomic E-state index is 11.9. The van der Waals surface area contributed by atoms with Crippen molar-refractivity contribution in [3.8, 4) is 0 Å². The fourth-order valence-electron chi connectivity index (χ4n) is 3.26. The second-order valence-electron chi connectivity index (χ2n) is 6.79. The quantitative estimate of drug-likeness (QED) is 0.322. The highest BCUT2D eigenvalue weighted by Gasteiger charge is 2.26. The van der Waals surface area contributed by atoms with Crippen molar-refractivity contribution in [2.45, 2.75) is 12.6 Å². The minimum absolute atomic E-state index is 0.145. The van der Waals surface area contributed by atoms with Gasteiger partial charge in [0, 0.05) is 18.9 Å². The third kappa shape index (κ3) is 4.81. The molecule has 4 aromatic rings. The van der Waals surface area contributed by atoms with Crippen LogP contribution >= 0.6 is 0 Å². The molecule has 0 saturated heterocycles. The Hall–Kier alpha value is -4.33. The average Bonchev–Trinajstić information content (AvgIpc) is 2.83. The SMILES string of the molecule is O=[N+]([O-])c1c(NCc2cccnc2)ncnc1NC(c1ccccc1)c1ccccc1. The molecule has 8 heteroatoms. The molecule has 0 saturated carbocycles. The molecule has 2 heterocycles. The number of aromatic nitrogens is 3. The van der Waals surface area contributed by atoms with E-state index in [1.165, 1.54) is 6.33 Å². The maximum Gasteiger partial charge on any atom is 0.353 e. The summed E-state index contributed by atoms with van der Waals surface area (Å²) in [6.45, 7) is 0.353. The van der Waals surface area contributed by atoms with E-state index in [2.05, 4.69) is 25.6 Å². The predicted molar refractivity (Wildman–Crippen MR) is 119 cm³/mol. The highest BCUT2D eigenvalue weighted by molar-refractivity contribution is 5.70. The molecule has 2 aromatic carbocycles. The van der Waals surface area contributed by atoms with Gasteiger partial charge < -0.3 is 10.6 Å². The Balaban J connectivity index is 1.68. The Morgan fingerprint density at radius 2 is 1.52 bits per heavy atom. The van der Waals surface area contributed by atoms with E-state index in [4.69, 9.17) is 0 Å². The van der Waals surface area contributed by atoms with E-state index in [0.29, 0.717) is 6.54 Å². The third-order valence-electron chi connectivity index (χ3n) is 4.73. The van der Waals surface area contributed by atoms with Crippen LogP contribution in [0.4, 0.5) is 17.3 Å². The minimum atomic E-state index is -0.471. The van der Waals surface area contributed by atoms with Crippen molar-refractivity contribution in [3.63, 3.8) is 0 Å². The van der Waals surface area contributed by atoms with Gasteiger partial charge in [0.25, 0.3) is 0 Å². The van der Waals surface area contributed by atoms with Crippen LogP contribution in [0.2, 0.25) is 0 Å². The van der Waals surface area contributed by atoms with Crippen molar-refractivity contribution in [1.82, 2.24) is 15.0 Å². The van der Waals surface area contributed by atoms with Gasteiger partial charge >= 0.3 is 5.69 Å². The zero-order valence-electron chi connectivity index (χ0n) is 16.6. The van der Waals surface area contributed by atoms with Crippen molar-refractivity contribution in [1.29, 1.82) is 0 Å². The first-order valence-corrected chi connectivity index (χ1v) is 9.71. The molecule has 31 heavy (non-hydrogen) atoms. The molecule has 0 radical (unpaired) electrons. The molecule has 0 unspecified atom stereocenters. The average molecular weight is 412 g/mol. The van der Waals surface area contributed by atoms with Gasteiger partial charge in [0.05, 0.1) is 11.0 Å². The second kappa shape index (κ2) is 9.45. The predicted octanol–water partition coefficient (Wildman–Crippen LogP) is 4.59. The number of benzene rings is 2. The molecule has 0 aliphatic rings. The van der Waals surface area contributed by atoms with Crippen LogP contribution < -0.4 is 10.6 Å². The number of anilines is 2. The van der Waals surface area contributed by atoms with Crippen molar-refractivity contribution in [3.05, 3.63) is 118 Å². The van der Waals surface area contributed by atoms with Crippen LogP contribution in [0.15, 0.2) is 91.5 Å². The van der Waals surface area contributed by atoms with E-state index in [1.54, 1.807) is 12.4 Å². The van der Waals surface area contributed by atoms with Gasteiger partial charge in [-0.3, -0.25) is 15.1 Å². The Labute approximate surface area is 179 Å². The molecule has 8 nitrogen and oxygen atoms in total. The van der Waals surface area contributed by atoms with Gasteiger partial charge in [-0.2, -0.15) is 0 Å². The number of nitro groups is 1.